The lowest BCUT2D eigenvalue weighted by atomic mass is 10.0. The third kappa shape index (κ3) is 59.3. The molecule has 0 aromatic heterocycles. The molecule has 0 aliphatic rings. The van der Waals surface area contributed by atoms with Gasteiger partial charge in [-0.05, 0) is 96.3 Å². The Bertz CT molecular complexity index is 1400. The van der Waals surface area contributed by atoms with Gasteiger partial charge in [0.1, 0.15) is 13.2 Å². The fourth-order valence-electron chi connectivity index (χ4n) is 8.74. The summed E-state index contributed by atoms with van der Waals surface area (Å²) >= 11 is 0. The Morgan fingerprint density at radius 2 is 0.534 bits per heavy atom. The molecule has 0 aliphatic heterocycles. The summed E-state index contributed by atoms with van der Waals surface area (Å²) in [4.78, 5) is 37.9. The van der Waals surface area contributed by atoms with E-state index in [1.807, 2.05) is 0 Å². The monoisotopic (exact) mass is 1020 g/mol. The molecule has 0 amide bonds. The molecule has 0 spiro atoms. The normalized spacial score (nSPS) is 12.6. The molecule has 0 saturated heterocycles. The molecule has 1 unspecified atom stereocenters. The molecule has 6 nitrogen and oxygen atoms in total. The topological polar surface area (TPSA) is 78.9 Å². The summed E-state index contributed by atoms with van der Waals surface area (Å²) in [5.41, 5.74) is 0. The van der Waals surface area contributed by atoms with Gasteiger partial charge in [0.2, 0.25) is 0 Å². The summed E-state index contributed by atoms with van der Waals surface area (Å²) < 4.78 is 16.8. The summed E-state index contributed by atoms with van der Waals surface area (Å²) in [5.74, 6) is -0.887. The van der Waals surface area contributed by atoms with E-state index < -0.39 is 6.10 Å². The van der Waals surface area contributed by atoms with Crippen LogP contribution >= 0.6 is 0 Å². The van der Waals surface area contributed by atoms with Gasteiger partial charge in [0, 0.05) is 19.3 Å². The highest BCUT2D eigenvalue weighted by Gasteiger charge is 2.19. The van der Waals surface area contributed by atoms with Crippen LogP contribution in [0, 0.1) is 0 Å². The molecule has 0 heterocycles. The highest BCUT2D eigenvalue weighted by atomic mass is 16.6. The van der Waals surface area contributed by atoms with Crippen molar-refractivity contribution in [3.05, 3.63) is 85.1 Å². The van der Waals surface area contributed by atoms with Crippen LogP contribution in [0.5, 0.6) is 0 Å². The Morgan fingerprint density at radius 1 is 0.288 bits per heavy atom. The molecule has 73 heavy (non-hydrogen) atoms. The van der Waals surface area contributed by atoms with Crippen LogP contribution in [0.1, 0.15) is 303 Å². The molecular weight excluding hydrogens is 901 g/mol. The molecule has 0 radical (unpaired) electrons. The van der Waals surface area contributed by atoms with Gasteiger partial charge in [0.15, 0.2) is 6.10 Å². The van der Waals surface area contributed by atoms with E-state index in [1.165, 1.54) is 161 Å². The van der Waals surface area contributed by atoms with Crippen LogP contribution in [0.15, 0.2) is 85.1 Å². The van der Waals surface area contributed by atoms with Crippen molar-refractivity contribution in [3.63, 3.8) is 0 Å². The van der Waals surface area contributed by atoms with Crippen molar-refractivity contribution in [1.29, 1.82) is 0 Å². The zero-order valence-electron chi connectivity index (χ0n) is 48.1. The Balaban J connectivity index is 4.06. The second-order valence-electron chi connectivity index (χ2n) is 20.6. The van der Waals surface area contributed by atoms with Crippen LogP contribution in [-0.2, 0) is 28.6 Å². The Labute approximate surface area is 452 Å². The quantitative estimate of drug-likeness (QED) is 0.0261. The van der Waals surface area contributed by atoms with E-state index in [1.54, 1.807) is 0 Å². The molecule has 0 N–H and O–H groups in total. The first-order valence-corrected chi connectivity index (χ1v) is 31.1. The van der Waals surface area contributed by atoms with Crippen LogP contribution in [0.3, 0.4) is 0 Å². The van der Waals surface area contributed by atoms with Gasteiger partial charge >= 0.3 is 17.9 Å². The van der Waals surface area contributed by atoms with Crippen molar-refractivity contribution in [2.45, 2.75) is 309 Å². The molecule has 420 valence electrons. The number of hydrogen-bond donors (Lipinski definition) is 0. The third-order valence-electron chi connectivity index (χ3n) is 13.4. The summed E-state index contributed by atoms with van der Waals surface area (Å²) in [6.07, 6.45) is 80.6. The van der Waals surface area contributed by atoms with Crippen molar-refractivity contribution in [2.24, 2.45) is 0 Å². The average Bonchev–Trinajstić information content (AvgIpc) is 3.39. The third-order valence-corrected chi connectivity index (χ3v) is 13.4. The fraction of sp³-hybridized carbons (Fsp3) is 0.746. The maximum Gasteiger partial charge on any atom is 0.306 e. The molecular formula is C67H116O6. The minimum atomic E-state index is -0.775. The number of ether oxygens (including phenoxy) is 3. The van der Waals surface area contributed by atoms with E-state index in [0.717, 1.165) is 103 Å². The average molecular weight is 1020 g/mol. The SMILES string of the molecule is CC/C=C\C/C=C\C/C=C\C/C=C\C/C=C\CCCCCCCCCCCCCC(=O)OCC(COC(=O)CCCCCCC)OC(=O)CCCCCCCCCCCCC/C=C\C/C=C\CCCCCCC. The number of allylic oxidation sites excluding steroid dienone is 14. The molecule has 0 aliphatic carbocycles. The van der Waals surface area contributed by atoms with Crippen LogP contribution < -0.4 is 0 Å². The molecule has 0 rings (SSSR count). The summed E-state index contributed by atoms with van der Waals surface area (Å²) in [5, 5.41) is 0. The predicted molar refractivity (Wildman–Crippen MR) is 316 cm³/mol. The number of carbonyl (C=O) groups excluding carboxylic acids is 3. The summed E-state index contributed by atoms with van der Waals surface area (Å²) in [7, 11) is 0. The van der Waals surface area contributed by atoms with Gasteiger partial charge in [-0.25, -0.2) is 0 Å². The Hall–Kier alpha value is -3.41. The highest BCUT2D eigenvalue weighted by Crippen LogP contribution is 2.16. The first kappa shape index (κ1) is 69.6. The number of esters is 3. The smallest absolute Gasteiger partial charge is 0.306 e. The van der Waals surface area contributed by atoms with Gasteiger partial charge in [-0.1, -0.05) is 273 Å². The summed E-state index contributed by atoms with van der Waals surface area (Å²) in [6.45, 7) is 6.45. The van der Waals surface area contributed by atoms with Crippen LogP contribution in [0.25, 0.3) is 0 Å². The van der Waals surface area contributed by atoms with Gasteiger partial charge in [-0.2, -0.15) is 0 Å². The van der Waals surface area contributed by atoms with Crippen molar-refractivity contribution in [3.8, 4) is 0 Å². The van der Waals surface area contributed by atoms with Gasteiger partial charge < -0.3 is 14.2 Å². The lowest BCUT2D eigenvalue weighted by Gasteiger charge is -2.18. The van der Waals surface area contributed by atoms with Crippen molar-refractivity contribution in [2.75, 3.05) is 13.2 Å². The Kier molecular flexibility index (Phi) is 58.3. The van der Waals surface area contributed by atoms with Gasteiger partial charge in [-0.3, -0.25) is 14.4 Å². The van der Waals surface area contributed by atoms with Crippen LogP contribution in [0.4, 0.5) is 0 Å². The van der Waals surface area contributed by atoms with Crippen molar-refractivity contribution < 1.29 is 28.6 Å². The zero-order valence-corrected chi connectivity index (χ0v) is 48.1. The first-order valence-electron chi connectivity index (χ1n) is 31.1. The van der Waals surface area contributed by atoms with E-state index >= 15 is 0 Å². The number of rotatable bonds is 56. The summed E-state index contributed by atoms with van der Waals surface area (Å²) in [6, 6.07) is 0. The van der Waals surface area contributed by atoms with Crippen LogP contribution in [0.2, 0.25) is 0 Å². The van der Waals surface area contributed by atoms with Gasteiger partial charge in [-0.15, -0.1) is 0 Å². The van der Waals surface area contributed by atoms with Gasteiger partial charge in [0.25, 0.3) is 0 Å². The minimum Gasteiger partial charge on any atom is -0.462 e. The van der Waals surface area contributed by atoms with Crippen molar-refractivity contribution >= 4 is 17.9 Å². The van der Waals surface area contributed by atoms with Crippen molar-refractivity contribution in [1.82, 2.24) is 0 Å². The zero-order chi connectivity index (χ0) is 52.9. The maximum absolute atomic E-state index is 12.8. The fourth-order valence-corrected chi connectivity index (χ4v) is 8.74. The number of hydrogen-bond acceptors (Lipinski definition) is 6. The molecule has 0 aromatic rings. The first-order chi connectivity index (χ1) is 36.0. The Morgan fingerprint density at radius 3 is 0.836 bits per heavy atom. The lowest BCUT2D eigenvalue weighted by Crippen LogP contribution is -2.30. The van der Waals surface area contributed by atoms with E-state index in [2.05, 4.69) is 106 Å². The molecule has 6 heteroatoms. The standard InChI is InChI=1S/C67H116O6/c1-4-7-10-13-15-17-19-21-23-25-27-29-31-32-33-34-36-37-39-41-43-45-47-49-51-54-57-60-66(69)72-63-64(62-71-65(68)59-56-53-12-9-6-3)73-67(70)61-58-55-52-50-48-46-44-42-40-38-35-30-28-26-24-22-20-18-16-14-11-8-5-2/h7,10,15,17,20-23,26-29,32-33,64H,4-6,8-9,11-14,16,18-19,24-25,30-31,34-63H2,1-3H3/b10-7-,17-15-,22-20-,23-21-,28-26-,29-27-,33-32-. The predicted octanol–water partition coefficient (Wildman–Crippen LogP) is 21.1. The number of carbonyl (C=O) groups is 3. The minimum absolute atomic E-state index is 0.0772. The highest BCUT2D eigenvalue weighted by molar-refractivity contribution is 5.71. The molecule has 0 fully saturated rings. The van der Waals surface area contributed by atoms with Gasteiger partial charge in [0.05, 0.1) is 0 Å². The lowest BCUT2D eigenvalue weighted by molar-refractivity contribution is -0.167. The second-order valence-corrected chi connectivity index (χ2v) is 20.6. The molecule has 0 bridgehead atoms. The molecule has 0 saturated carbocycles. The maximum atomic E-state index is 12.8. The molecule has 1 atom stereocenters. The molecule has 0 aromatic carbocycles. The van der Waals surface area contributed by atoms with E-state index in [9.17, 15) is 14.4 Å². The van der Waals surface area contributed by atoms with E-state index in [0.29, 0.717) is 19.3 Å². The second kappa shape index (κ2) is 61.1. The van der Waals surface area contributed by atoms with E-state index in [-0.39, 0.29) is 31.1 Å². The largest absolute Gasteiger partial charge is 0.462 e. The number of unbranched alkanes of at least 4 members (excludes halogenated alkanes) is 31. The van der Waals surface area contributed by atoms with E-state index in [4.69, 9.17) is 14.2 Å². The van der Waals surface area contributed by atoms with Crippen LogP contribution in [-0.4, -0.2) is 37.2 Å².